The summed E-state index contributed by atoms with van der Waals surface area (Å²) < 4.78 is 4.64. The molecule has 0 saturated heterocycles. The molecule has 1 atom stereocenters. The topological polar surface area (TPSA) is 104 Å². The van der Waals surface area contributed by atoms with Gasteiger partial charge in [-0.25, -0.2) is 4.79 Å². The number of aromatic nitrogens is 3. The van der Waals surface area contributed by atoms with Crippen LogP contribution >= 0.6 is 0 Å². The van der Waals surface area contributed by atoms with Crippen LogP contribution < -0.4 is 16.6 Å². The molecule has 5 aromatic rings. The lowest BCUT2D eigenvalue weighted by atomic mass is 9.99. The first-order chi connectivity index (χ1) is 17.8. The van der Waals surface area contributed by atoms with Crippen LogP contribution in [0.1, 0.15) is 22.9 Å². The van der Waals surface area contributed by atoms with Crippen LogP contribution in [0.4, 0.5) is 11.4 Å². The SMILES string of the molecule is Cc1ccccc1-c1c2c(=O)n(C)c(=O)n(C)c2c2n1-c1ccccc1N[C@@H]2c1cccc([N+](=O)[O-])c1. The number of non-ortho nitro benzene ring substituents is 1. The van der Waals surface area contributed by atoms with Gasteiger partial charge in [0.1, 0.15) is 0 Å². The third-order valence-corrected chi connectivity index (χ3v) is 7.14. The Morgan fingerprint density at radius 2 is 1.65 bits per heavy atom. The molecule has 0 bridgehead atoms. The van der Waals surface area contributed by atoms with Crippen LogP contribution in [0.25, 0.3) is 27.8 Å². The molecular weight excluding hydrogens is 470 g/mol. The van der Waals surface area contributed by atoms with Crippen molar-refractivity contribution in [2.45, 2.75) is 13.0 Å². The molecule has 0 saturated carbocycles. The third kappa shape index (κ3) is 3.17. The van der Waals surface area contributed by atoms with Gasteiger partial charge < -0.3 is 9.88 Å². The lowest BCUT2D eigenvalue weighted by Gasteiger charge is -2.31. The number of fused-ring (bicyclic) bond motifs is 5. The van der Waals surface area contributed by atoms with Crippen LogP contribution in [0.15, 0.2) is 82.4 Å². The molecule has 6 rings (SSSR count). The van der Waals surface area contributed by atoms with Crippen molar-refractivity contribution in [3.8, 4) is 16.9 Å². The number of hydrogen-bond donors (Lipinski definition) is 1. The molecule has 0 spiro atoms. The van der Waals surface area contributed by atoms with Gasteiger partial charge in [-0.3, -0.25) is 24.0 Å². The van der Waals surface area contributed by atoms with E-state index < -0.39 is 22.2 Å². The number of nitrogens with one attached hydrogen (secondary N) is 1. The number of nitro groups is 1. The van der Waals surface area contributed by atoms with E-state index in [1.807, 2.05) is 66.1 Å². The highest BCUT2D eigenvalue weighted by molar-refractivity contribution is 5.99. The van der Waals surface area contributed by atoms with Crippen LogP contribution in [-0.2, 0) is 14.1 Å². The summed E-state index contributed by atoms with van der Waals surface area (Å²) in [6.07, 6.45) is 0. The van der Waals surface area contributed by atoms with E-state index in [1.54, 1.807) is 13.1 Å². The van der Waals surface area contributed by atoms with Gasteiger partial charge in [-0.05, 0) is 30.2 Å². The Kier molecular flexibility index (Phi) is 4.91. The number of para-hydroxylation sites is 2. The highest BCUT2D eigenvalue weighted by Gasteiger charge is 2.35. The molecule has 1 N–H and O–H groups in total. The van der Waals surface area contributed by atoms with E-state index in [2.05, 4.69) is 5.32 Å². The van der Waals surface area contributed by atoms with Gasteiger partial charge in [0, 0.05) is 31.8 Å². The summed E-state index contributed by atoms with van der Waals surface area (Å²) in [6.45, 7) is 1.98. The molecule has 9 nitrogen and oxygen atoms in total. The number of aryl methyl sites for hydroxylation is 2. The first-order valence-electron chi connectivity index (χ1n) is 11.8. The summed E-state index contributed by atoms with van der Waals surface area (Å²) in [4.78, 5) is 38.1. The zero-order valence-electron chi connectivity index (χ0n) is 20.4. The van der Waals surface area contributed by atoms with Gasteiger partial charge in [-0.15, -0.1) is 0 Å². The van der Waals surface area contributed by atoms with Crippen LogP contribution in [-0.4, -0.2) is 18.6 Å². The summed E-state index contributed by atoms with van der Waals surface area (Å²) >= 11 is 0. The Morgan fingerprint density at radius 3 is 2.41 bits per heavy atom. The van der Waals surface area contributed by atoms with Crippen molar-refractivity contribution < 1.29 is 4.92 Å². The second-order valence-corrected chi connectivity index (χ2v) is 9.26. The number of nitro benzene ring substituents is 1. The van der Waals surface area contributed by atoms with Crippen LogP contribution in [0, 0.1) is 17.0 Å². The minimum atomic E-state index is -0.562. The van der Waals surface area contributed by atoms with Crippen molar-refractivity contribution in [2.24, 2.45) is 14.1 Å². The lowest BCUT2D eigenvalue weighted by molar-refractivity contribution is -0.384. The number of benzene rings is 3. The third-order valence-electron chi connectivity index (χ3n) is 7.14. The normalized spacial score (nSPS) is 14.2. The first kappa shape index (κ1) is 22.5. The zero-order valence-corrected chi connectivity index (χ0v) is 20.4. The standard InChI is InChI=1S/C28H23N5O4/c1-16-9-4-5-12-19(16)24-22-25(30(2)28(35)31(3)27(22)34)26-23(17-10-8-11-18(15-17)33(36)37)29-20-13-6-7-14-21(20)32(24)26/h4-15,23,29H,1-3H3/t23-/m1/s1. The molecule has 0 unspecified atom stereocenters. The van der Waals surface area contributed by atoms with Crippen LogP contribution in [0.3, 0.4) is 0 Å². The summed E-state index contributed by atoms with van der Waals surface area (Å²) in [7, 11) is 3.13. The molecule has 0 aliphatic carbocycles. The Morgan fingerprint density at radius 1 is 0.919 bits per heavy atom. The van der Waals surface area contributed by atoms with Gasteiger partial charge in [0.05, 0.1) is 44.6 Å². The second-order valence-electron chi connectivity index (χ2n) is 9.26. The second kappa shape index (κ2) is 8.06. The van der Waals surface area contributed by atoms with Crippen molar-refractivity contribution in [2.75, 3.05) is 5.32 Å². The van der Waals surface area contributed by atoms with Gasteiger partial charge in [-0.1, -0.05) is 48.5 Å². The molecule has 0 fully saturated rings. The maximum atomic E-state index is 13.7. The van der Waals surface area contributed by atoms with Crippen LogP contribution in [0.2, 0.25) is 0 Å². The predicted molar refractivity (Wildman–Crippen MR) is 142 cm³/mol. The smallest absolute Gasteiger partial charge is 0.331 e. The van der Waals surface area contributed by atoms with Crippen molar-refractivity contribution in [1.29, 1.82) is 0 Å². The Balaban J connectivity index is 1.86. The summed E-state index contributed by atoms with van der Waals surface area (Å²) in [5.74, 6) is 0. The van der Waals surface area contributed by atoms with E-state index in [4.69, 9.17) is 0 Å². The van der Waals surface area contributed by atoms with E-state index in [0.29, 0.717) is 27.9 Å². The fraction of sp³-hybridized carbons (Fsp3) is 0.143. The molecule has 37 heavy (non-hydrogen) atoms. The summed E-state index contributed by atoms with van der Waals surface area (Å²) in [6, 6.07) is 21.4. The molecule has 3 aromatic carbocycles. The van der Waals surface area contributed by atoms with Gasteiger partial charge in [0.2, 0.25) is 0 Å². The molecule has 184 valence electrons. The Hall–Kier alpha value is -4.92. The molecule has 1 aliphatic heterocycles. The number of nitrogens with zero attached hydrogens (tertiary/aromatic N) is 4. The molecule has 3 heterocycles. The minimum Gasteiger partial charge on any atom is -0.371 e. The number of rotatable bonds is 3. The quantitative estimate of drug-likeness (QED) is 0.296. The maximum Gasteiger partial charge on any atom is 0.331 e. The zero-order chi connectivity index (χ0) is 26.0. The van der Waals surface area contributed by atoms with Crippen molar-refractivity contribution >= 4 is 22.3 Å². The van der Waals surface area contributed by atoms with Crippen molar-refractivity contribution in [1.82, 2.24) is 13.7 Å². The van der Waals surface area contributed by atoms with E-state index in [-0.39, 0.29) is 5.69 Å². The molecule has 0 radical (unpaired) electrons. The van der Waals surface area contributed by atoms with Crippen molar-refractivity contribution in [3.05, 3.63) is 121 Å². The fourth-order valence-electron chi connectivity index (χ4n) is 5.38. The minimum absolute atomic E-state index is 0.0375. The van der Waals surface area contributed by atoms with Gasteiger partial charge in [0.15, 0.2) is 0 Å². The average molecular weight is 494 g/mol. The molecule has 9 heteroatoms. The van der Waals surface area contributed by atoms with E-state index in [9.17, 15) is 19.7 Å². The first-order valence-corrected chi connectivity index (χ1v) is 11.8. The average Bonchev–Trinajstić information content (AvgIpc) is 3.27. The monoisotopic (exact) mass is 493 g/mol. The number of hydrogen-bond acceptors (Lipinski definition) is 5. The predicted octanol–water partition coefficient (Wildman–Crippen LogP) is 4.43. The van der Waals surface area contributed by atoms with E-state index in [1.165, 1.54) is 23.7 Å². The Bertz CT molecular complexity index is 1880. The molecular formula is C28H23N5O4. The summed E-state index contributed by atoms with van der Waals surface area (Å²) in [5.41, 5.74) is 5.09. The van der Waals surface area contributed by atoms with E-state index in [0.717, 1.165) is 27.1 Å². The molecule has 0 amide bonds. The highest BCUT2D eigenvalue weighted by atomic mass is 16.6. The van der Waals surface area contributed by atoms with Gasteiger partial charge >= 0.3 is 5.69 Å². The van der Waals surface area contributed by atoms with Crippen LogP contribution in [0.5, 0.6) is 0 Å². The molecule has 2 aromatic heterocycles. The van der Waals surface area contributed by atoms with Gasteiger partial charge in [0.25, 0.3) is 11.2 Å². The summed E-state index contributed by atoms with van der Waals surface area (Å²) in [5, 5.41) is 15.5. The highest BCUT2D eigenvalue weighted by Crippen LogP contribution is 2.46. The molecule has 1 aliphatic rings. The lowest BCUT2D eigenvalue weighted by Crippen LogP contribution is -2.37. The number of anilines is 1. The van der Waals surface area contributed by atoms with E-state index >= 15 is 0 Å². The fourth-order valence-corrected chi connectivity index (χ4v) is 5.38. The van der Waals surface area contributed by atoms with Gasteiger partial charge in [-0.2, -0.15) is 0 Å². The largest absolute Gasteiger partial charge is 0.371 e. The maximum absolute atomic E-state index is 13.7. The Labute approximate surface area is 211 Å². The van der Waals surface area contributed by atoms with Crippen molar-refractivity contribution in [3.63, 3.8) is 0 Å².